The van der Waals surface area contributed by atoms with Gasteiger partial charge in [-0.2, -0.15) is 4.31 Å². The number of pyridine rings is 1. The molecular formula is C12H18FN3O2S. The fraction of sp³-hybridized carbons (Fsp3) is 0.583. The van der Waals surface area contributed by atoms with E-state index in [0.717, 1.165) is 25.5 Å². The number of piperidine rings is 1. The maximum atomic E-state index is 13.6. The third-order valence-electron chi connectivity index (χ3n) is 3.26. The second-order valence-electron chi connectivity index (χ2n) is 4.53. The van der Waals surface area contributed by atoms with E-state index in [9.17, 15) is 12.8 Å². The molecule has 1 N–H and O–H groups in total. The summed E-state index contributed by atoms with van der Waals surface area (Å²) in [5.41, 5.74) is 0. The Bertz CT molecular complexity index is 528. The van der Waals surface area contributed by atoms with E-state index in [4.69, 9.17) is 0 Å². The van der Waals surface area contributed by atoms with Gasteiger partial charge in [-0.25, -0.2) is 17.8 Å². The van der Waals surface area contributed by atoms with Crippen molar-refractivity contribution in [1.29, 1.82) is 0 Å². The van der Waals surface area contributed by atoms with Crippen molar-refractivity contribution in [2.75, 3.05) is 19.6 Å². The van der Waals surface area contributed by atoms with Gasteiger partial charge in [0.2, 0.25) is 5.03 Å². The Morgan fingerprint density at radius 2 is 2.16 bits per heavy atom. The molecule has 19 heavy (non-hydrogen) atoms. The number of nitrogens with zero attached hydrogens (tertiary/aromatic N) is 2. The number of hydrogen-bond acceptors (Lipinski definition) is 4. The minimum Gasteiger partial charge on any atom is -0.314 e. The molecule has 7 heteroatoms. The van der Waals surface area contributed by atoms with Crippen molar-refractivity contribution in [3.63, 3.8) is 0 Å². The summed E-state index contributed by atoms with van der Waals surface area (Å²) in [6.45, 7) is 3.69. The van der Waals surface area contributed by atoms with Crippen LogP contribution >= 0.6 is 0 Å². The average Bonchev–Trinajstić information content (AvgIpc) is 2.40. The first-order valence-electron chi connectivity index (χ1n) is 6.39. The Hall–Kier alpha value is -1.05. The molecule has 2 rings (SSSR count). The van der Waals surface area contributed by atoms with E-state index >= 15 is 0 Å². The third kappa shape index (κ3) is 3.10. The maximum absolute atomic E-state index is 13.6. The largest absolute Gasteiger partial charge is 0.314 e. The van der Waals surface area contributed by atoms with Crippen LogP contribution in [0, 0.1) is 5.82 Å². The molecule has 106 valence electrons. The molecule has 0 bridgehead atoms. The quantitative estimate of drug-likeness (QED) is 0.897. The lowest BCUT2D eigenvalue weighted by Crippen LogP contribution is -2.45. The van der Waals surface area contributed by atoms with E-state index in [-0.39, 0.29) is 0 Å². The molecule has 1 aromatic heterocycles. The summed E-state index contributed by atoms with van der Waals surface area (Å²) in [6.07, 6.45) is 2.77. The zero-order valence-corrected chi connectivity index (χ0v) is 11.7. The minimum atomic E-state index is -3.81. The van der Waals surface area contributed by atoms with Crippen molar-refractivity contribution in [2.24, 2.45) is 0 Å². The van der Waals surface area contributed by atoms with Crippen LogP contribution in [0.5, 0.6) is 0 Å². The first-order valence-corrected chi connectivity index (χ1v) is 7.83. The van der Waals surface area contributed by atoms with E-state index in [1.165, 1.54) is 16.6 Å². The third-order valence-corrected chi connectivity index (χ3v) is 5.09. The van der Waals surface area contributed by atoms with Crippen LogP contribution in [0.1, 0.15) is 19.8 Å². The molecule has 0 saturated carbocycles. The number of sulfonamides is 1. The molecule has 0 radical (unpaired) electrons. The highest BCUT2D eigenvalue weighted by molar-refractivity contribution is 7.89. The molecule has 0 unspecified atom stereocenters. The topological polar surface area (TPSA) is 62.3 Å². The number of hydrogen-bond donors (Lipinski definition) is 1. The summed E-state index contributed by atoms with van der Waals surface area (Å²) in [4.78, 5) is 3.66. The molecule has 0 aliphatic carbocycles. The van der Waals surface area contributed by atoms with Gasteiger partial charge in [0.05, 0.1) is 0 Å². The summed E-state index contributed by atoms with van der Waals surface area (Å²) in [5, 5.41) is 2.82. The van der Waals surface area contributed by atoms with E-state index in [1.807, 2.05) is 6.92 Å². The molecule has 1 aliphatic heterocycles. The number of rotatable bonds is 4. The molecule has 2 heterocycles. The van der Waals surface area contributed by atoms with Crippen LogP contribution < -0.4 is 5.32 Å². The lowest BCUT2D eigenvalue weighted by molar-refractivity contribution is 0.290. The van der Waals surface area contributed by atoms with Crippen molar-refractivity contribution >= 4 is 10.0 Å². The lowest BCUT2D eigenvalue weighted by atomic mass is 10.1. The number of nitrogens with one attached hydrogen (secondary N) is 1. The maximum Gasteiger partial charge on any atom is 0.263 e. The van der Waals surface area contributed by atoms with Gasteiger partial charge in [0.1, 0.15) is 0 Å². The van der Waals surface area contributed by atoms with Gasteiger partial charge in [-0.05, 0) is 31.5 Å². The van der Waals surface area contributed by atoms with Gasteiger partial charge < -0.3 is 5.32 Å². The Morgan fingerprint density at radius 1 is 1.47 bits per heavy atom. The Morgan fingerprint density at radius 3 is 2.74 bits per heavy atom. The van der Waals surface area contributed by atoms with Gasteiger partial charge in [-0.3, -0.25) is 0 Å². The normalized spacial score (nSPS) is 18.6. The molecule has 5 nitrogen and oxygen atoms in total. The highest BCUT2D eigenvalue weighted by atomic mass is 32.2. The van der Waals surface area contributed by atoms with E-state index in [1.54, 1.807) is 0 Å². The smallest absolute Gasteiger partial charge is 0.263 e. The van der Waals surface area contributed by atoms with Gasteiger partial charge in [0.25, 0.3) is 10.0 Å². The average molecular weight is 287 g/mol. The minimum absolute atomic E-state index is 0.338. The standard InChI is InChI=1S/C12H18FN3O2S/c1-2-14-10-5-8-16(9-6-10)19(17,18)12-11(13)4-3-7-15-12/h3-4,7,10,14H,2,5-6,8-9H2,1H3. The number of halogens is 1. The van der Waals surface area contributed by atoms with Gasteiger partial charge in [-0.1, -0.05) is 6.92 Å². The van der Waals surface area contributed by atoms with Crippen molar-refractivity contribution in [1.82, 2.24) is 14.6 Å². The van der Waals surface area contributed by atoms with E-state index < -0.39 is 20.9 Å². The molecule has 1 aromatic rings. The second-order valence-corrected chi connectivity index (χ2v) is 6.38. The molecule has 0 atom stereocenters. The van der Waals surface area contributed by atoms with Crippen molar-refractivity contribution in [3.8, 4) is 0 Å². The van der Waals surface area contributed by atoms with Gasteiger partial charge in [0.15, 0.2) is 5.82 Å². The predicted octanol–water partition coefficient (Wildman–Crippen LogP) is 0.983. The summed E-state index contributed by atoms with van der Waals surface area (Å²) >= 11 is 0. The summed E-state index contributed by atoms with van der Waals surface area (Å²) in [7, 11) is -3.81. The highest BCUT2D eigenvalue weighted by Crippen LogP contribution is 2.21. The van der Waals surface area contributed by atoms with Crippen LogP contribution in [0.25, 0.3) is 0 Å². The fourth-order valence-electron chi connectivity index (χ4n) is 2.27. The van der Waals surface area contributed by atoms with E-state index in [0.29, 0.717) is 19.1 Å². The molecular weight excluding hydrogens is 269 g/mol. The van der Waals surface area contributed by atoms with Crippen LogP contribution in [-0.4, -0.2) is 43.4 Å². The monoisotopic (exact) mass is 287 g/mol. The van der Waals surface area contributed by atoms with Crippen molar-refractivity contribution < 1.29 is 12.8 Å². The molecule has 1 aliphatic rings. The lowest BCUT2D eigenvalue weighted by Gasteiger charge is -2.31. The Labute approximate surface area is 112 Å². The summed E-state index contributed by atoms with van der Waals surface area (Å²) < 4.78 is 39.4. The van der Waals surface area contributed by atoms with Gasteiger partial charge in [-0.15, -0.1) is 0 Å². The summed E-state index contributed by atoms with van der Waals surface area (Å²) in [6, 6.07) is 2.84. The fourth-order valence-corrected chi connectivity index (χ4v) is 3.72. The van der Waals surface area contributed by atoms with Crippen molar-refractivity contribution in [3.05, 3.63) is 24.1 Å². The van der Waals surface area contributed by atoms with Crippen LogP contribution in [0.15, 0.2) is 23.4 Å². The predicted molar refractivity (Wildman–Crippen MR) is 69.7 cm³/mol. The second kappa shape index (κ2) is 5.94. The molecule has 1 saturated heterocycles. The van der Waals surface area contributed by atoms with E-state index in [2.05, 4.69) is 10.3 Å². The molecule has 0 amide bonds. The van der Waals surface area contributed by atoms with Crippen LogP contribution in [0.4, 0.5) is 4.39 Å². The molecule has 0 aromatic carbocycles. The van der Waals surface area contributed by atoms with Crippen LogP contribution in [-0.2, 0) is 10.0 Å². The Balaban J connectivity index is 2.12. The molecule has 0 spiro atoms. The highest BCUT2D eigenvalue weighted by Gasteiger charge is 2.31. The van der Waals surface area contributed by atoms with Gasteiger partial charge in [0, 0.05) is 25.3 Å². The Kier molecular flexibility index (Phi) is 4.49. The first kappa shape index (κ1) is 14.4. The van der Waals surface area contributed by atoms with Crippen LogP contribution in [0.3, 0.4) is 0 Å². The molecule has 1 fully saturated rings. The zero-order chi connectivity index (χ0) is 13.9. The van der Waals surface area contributed by atoms with Crippen molar-refractivity contribution in [2.45, 2.75) is 30.8 Å². The first-order chi connectivity index (χ1) is 9.05. The van der Waals surface area contributed by atoms with Gasteiger partial charge >= 0.3 is 0 Å². The summed E-state index contributed by atoms with van der Waals surface area (Å²) in [5.74, 6) is -0.795. The SMILES string of the molecule is CCNC1CCN(S(=O)(=O)c2ncccc2F)CC1. The van der Waals surface area contributed by atoms with Crippen LogP contribution in [0.2, 0.25) is 0 Å². The number of aromatic nitrogens is 1. The zero-order valence-electron chi connectivity index (χ0n) is 10.8.